The molecule has 0 saturated heterocycles. The molecule has 0 atom stereocenters. The summed E-state index contributed by atoms with van der Waals surface area (Å²) in [5.74, 6) is 0.652. The third kappa shape index (κ3) is 3.39. The lowest BCUT2D eigenvalue weighted by Crippen LogP contribution is -2.32. The van der Waals surface area contributed by atoms with E-state index in [-0.39, 0.29) is 0 Å². The Hall–Kier alpha value is -6.91. The first-order chi connectivity index (χ1) is 25.8. The molecule has 1 spiro atoms. The number of para-hydroxylation sites is 2. The average Bonchev–Trinajstić information content (AvgIpc) is 3.71. The van der Waals surface area contributed by atoms with Crippen LogP contribution in [0.25, 0.3) is 83.1 Å². The van der Waals surface area contributed by atoms with Crippen LogP contribution >= 0.6 is 0 Å². The highest BCUT2D eigenvalue weighted by atomic mass is 15.2. The Morgan fingerprint density at radius 3 is 1.90 bits per heavy atom. The zero-order valence-corrected chi connectivity index (χ0v) is 28.0. The van der Waals surface area contributed by atoms with Crippen LogP contribution in [0.3, 0.4) is 0 Å². The SMILES string of the molecule is c1ccc(-c2nc(-n3c4ccccc4c4c5cccc6c5c(cc43)-c3ncccc3C63c4ccccc4-c4ccccc43)nc3ccccc23)cc1. The molecule has 0 fully saturated rings. The number of aromatic nitrogens is 4. The van der Waals surface area contributed by atoms with Gasteiger partial charge < -0.3 is 0 Å². The van der Waals surface area contributed by atoms with Gasteiger partial charge in [-0.05, 0) is 68.4 Å². The van der Waals surface area contributed by atoms with Gasteiger partial charge in [-0.1, -0.05) is 140 Å². The number of nitrogens with zero attached hydrogens (tertiary/aromatic N) is 4. The number of benzene rings is 7. The highest BCUT2D eigenvalue weighted by Gasteiger charge is 2.50. The van der Waals surface area contributed by atoms with Crippen LogP contribution < -0.4 is 0 Å². The van der Waals surface area contributed by atoms with Gasteiger partial charge in [0.05, 0.1) is 33.4 Å². The van der Waals surface area contributed by atoms with Crippen molar-refractivity contribution in [2.24, 2.45) is 0 Å². The summed E-state index contributed by atoms with van der Waals surface area (Å²) in [6, 6.07) is 59.0. The van der Waals surface area contributed by atoms with E-state index in [2.05, 4.69) is 162 Å². The zero-order chi connectivity index (χ0) is 34.0. The van der Waals surface area contributed by atoms with Gasteiger partial charge in [0.2, 0.25) is 5.95 Å². The summed E-state index contributed by atoms with van der Waals surface area (Å²) in [6.45, 7) is 0. The van der Waals surface area contributed by atoms with E-state index in [4.69, 9.17) is 15.0 Å². The van der Waals surface area contributed by atoms with E-state index >= 15 is 0 Å². The van der Waals surface area contributed by atoms with Crippen LogP contribution in [0.2, 0.25) is 0 Å². The summed E-state index contributed by atoms with van der Waals surface area (Å²) in [7, 11) is 0. The van der Waals surface area contributed by atoms with E-state index in [1.54, 1.807) is 0 Å². The molecule has 3 aromatic heterocycles. The molecule has 0 aliphatic heterocycles. The van der Waals surface area contributed by atoms with Gasteiger partial charge in [0.25, 0.3) is 0 Å². The minimum atomic E-state index is -0.499. The van der Waals surface area contributed by atoms with Gasteiger partial charge in [0.1, 0.15) is 0 Å². The average molecular weight is 661 g/mol. The van der Waals surface area contributed by atoms with E-state index < -0.39 is 5.41 Å². The van der Waals surface area contributed by atoms with Crippen LogP contribution in [-0.4, -0.2) is 19.5 Å². The standard InChI is InChI=1S/C48H28N4/c1-2-14-29(15-3-1)45-32-18-6-10-25-40(32)50-47(51-45)52-41-26-11-7-19-33(41)44-34-20-12-23-38-43(34)35(28-42(44)52)46-39(24-13-27-49-46)48(38)36-21-8-4-16-30(36)31-17-5-9-22-37(31)48/h1-28H. The van der Waals surface area contributed by atoms with E-state index in [0.29, 0.717) is 5.95 Å². The minimum Gasteiger partial charge on any atom is -0.278 e. The van der Waals surface area contributed by atoms with Crippen molar-refractivity contribution in [3.05, 3.63) is 192 Å². The Morgan fingerprint density at radius 2 is 1.08 bits per heavy atom. The van der Waals surface area contributed by atoms with E-state index in [1.807, 2.05) is 12.3 Å². The zero-order valence-electron chi connectivity index (χ0n) is 28.0. The third-order valence-electron chi connectivity index (χ3n) is 11.5. The third-order valence-corrected chi connectivity index (χ3v) is 11.5. The summed E-state index contributed by atoms with van der Waals surface area (Å²) in [4.78, 5) is 15.9. The summed E-state index contributed by atoms with van der Waals surface area (Å²) < 4.78 is 2.26. The summed E-state index contributed by atoms with van der Waals surface area (Å²) in [5.41, 5.74) is 14.4. The second kappa shape index (κ2) is 10.1. The maximum atomic E-state index is 5.37. The Morgan fingerprint density at radius 1 is 0.423 bits per heavy atom. The molecule has 0 bridgehead atoms. The molecule has 10 aromatic rings. The van der Waals surface area contributed by atoms with Crippen LogP contribution in [0.1, 0.15) is 22.3 Å². The maximum Gasteiger partial charge on any atom is 0.235 e. The molecule has 0 amide bonds. The quantitative estimate of drug-likeness (QED) is 0.185. The summed E-state index contributed by atoms with van der Waals surface area (Å²) >= 11 is 0. The molecule has 2 aliphatic rings. The van der Waals surface area contributed by atoms with Crippen molar-refractivity contribution < 1.29 is 0 Å². The Kier molecular flexibility index (Phi) is 5.40. The van der Waals surface area contributed by atoms with Gasteiger partial charge >= 0.3 is 0 Å². The molecule has 240 valence electrons. The first-order valence-corrected chi connectivity index (χ1v) is 17.8. The van der Waals surface area contributed by atoms with Crippen LogP contribution in [0.4, 0.5) is 0 Å². The van der Waals surface area contributed by atoms with Crippen molar-refractivity contribution in [2.75, 3.05) is 0 Å². The van der Waals surface area contributed by atoms with Gasteiger partial charge in [-0.25, -0.2) is 9.97 Å². The number of hydrogen-bond acceptors (Lipinski definition) is 3. The monoisotopic (exact) mass is 660 g/mol. The van der Waals surface area contributed by atoms with Crippen LogP contribution in [0, 0.1) is 0 Å². The lowest BCUT2D eigenvalue weighted by molar-refractivity contribution is 0.768. The molecular weight excluding hydrogens is 633 g/mol. The number of fused-ring (bicyclic) bond motifs is 14. The Labute approximate surface area is 299 Å². The molecule has 7 aromatic carbocycles. The summed E-state index contributed by atoms with van der Waals surface area (Å²) in [6.07, 6.45) is 1.94. The van der Waals surface area contributed by atoms with E-state index in [9.17, 15) is 0 Å². The Balaban J connectivity index is 1.26. The number of pyridine rings is 1. The van der Waals surface area contributed by atoms with Crippen LogP contribution in [-0.2, 0) is 5.41 Å². The second-order valence-electron chi connectivity index (χ2n) is 13.9. The lowest BCUT2D eigenvalue weighted by atomic mass is 9.62. The van der Waals surface area contributed by atoms with Crippen LogP contribution in [0.15, 0.2) is 170 Å². The molecule has 12 rings (SSSR count). The molecule has 0 radical (unpaired) electrons. The van der Waals surface area contributed by atoms with Gasteiger partial charge in [-0.15, -0.1) is 0 Å². The molecule has 0 unspecified atom stereocenters. The fraction of sp³-hybridized carbons (Fsp3) is 0.0208. The van der Waals surface area contributed by atoms with Crippen molar-refractivity contribution >= 4 is 43.5 Å². The van der Waals surface area contributed by atoms with Crippen molar-refractivity contribution in [1.29, 1.82) is 0 Å². The van der Waals surface area contributed by atoms with E-state index in [0.717, 1.165) is 44.5 Å². The van der Waals surface area contributed by atoms with Crippen LogP contribution in [0.5, 0.6) is 0 Å². The fourth-order valence-electron chi connectivity index (χ4n) is 9.52. The first-order valence-electron chi connectivity index (χ1n) is 17.8. The summed E-state index contributed by atoms with van der Waals surface area (Å²) in [5, 5.41) is 5.86. The molecule has 4 heteroatoms. The minimum absolute atomic E-state index is 0.499. The predicted molar refractivity (Wildman–Crippen MR) is 211 cm³/mol. The van der Waals surface area contributed by atoms with Crippen molar-refractivity contribution in [2.45, 2.75) is 5.41 Å². The molecular formula is C48H28N4. The molecule has 0 saturated carbocycles. The Bertz CT molecular complexity index is 3090. The molecule has 3 heterocycles. The molecule has 52 heavy (non-hydrogen) atoms. The first kappa shape index (κ1) is 27.9. The molecule has 4 nitrogen and oxygen atoms in total. The van der Waals surface area contributed by atoms with E-state index in [1.165, 1.54) is 54.9 Å². The van der Waals surface area contributed by atoms with Crippen molar-refractivity contribution in [1.82, 2.24) is 19.5 Å². The number of hydrogen-bond donors (Lipinski definition) is 0. The fourth-order valence-corrected chi connectivity index (χ4v) is 9.52. The second-order valence-corrected chi connectivity index (χ2v) is 13.9. The van der Waals surface area contributed by atoms with Crippen molar-refractivity contribution in [3.8, 4) is 39.6 Å². The van der Waals surface area contributed by atoms with Crippen molar-refractivity contribution in [3.63, 3.8) is 0 Å². The molecule has 2 aliphatic carbocycles. The highest BCUT2D eigenvalue weighted by Crippen LogP contribution is 2.62. The lowest BCUT2D eigenvalue weighted by Gasteiger charge is -2.39. The maximum absolute atomic E-state index is 5.37. The molecule has 0 N–H and O–H groups in total. The number of rotatable bonds is 2. The smallest absolute Gasteiger partial charge is 0.235 e. The normalized spacial score (nSPS) is 13.5. The van der Waals surface area contributed by atoms with Gasteiger partial charge in [0.15, 0.2) is 0 Å². The van der Waals surface area contributed by atoms with Gasteiger partial charge in [0, 0.05) is 33.5 Å². The van der Waals surface area contributed by atoms with Gasteiger partial charge in [-0.2, -0.15) is 0 Å². The topological polar surface area (TPSA) is 43.6 Å². The predicted octanol–water partition coefficient (Wildman–Crippen LogP) is 11.3. The van der Waals surface area contributed by atoms with Gasteiger partial charge in [-0.3, -0.25) is 9.55 Å². The largest absolute Gasteiger partial charge is 0.278 e. The highest BCUT2D eigenvalue weighted by molar-refractivity contribution is 6.26.